The van der Waals surface area contributed by atoms with Gasteiger partial charge in [-0.3, -0.25) is 19.5 Å². The van der Waals surface area contributed by atoms with Crippen LogP contribution in [-0.4, -0.2) is 51.9 Å². The molecule has 29 heavy (non-hydrogen) atoms. The van der Waals surface area contributed by atoms with Crippen LogP contribution in [-0.2, 0) is 0 Å². The van der Waals surface area contributed by atoms with E-state index in [9.17, 15) is 14.4 Å². The molecule has 0 atom stereocenters. The van der Waals surface area contributed by atoms with Crippen LogP contribution in [0.1, 0.15) is 27.7 Å². The van der Waals surface area contributed by atoms with Crippen molar-refractivity contribution in [1.82, 2.24) is 19.8 Å². The maximum atomic E-state index is 12.7. The van der Waals surface area contributed by atoms with Gasteiger partial charge in [-0.1, -0.05) is 60.7 Å². The van der Waals surface area contributed by atoms with Gasteiger partial charge in [0.1, 0.15) is 5.69 Å². The Morgan fingerprint density at radius 1 is 0.793 bits per heavy atom. The van der Waals surface area contributed by atoms with Gasteiger partial charge >= 0.3 is 5.69 Å². The molecule has 0 saturated carbocycles. The molecule has 1 fully saturated rings. The van der Waals surface area contributed by atoms with Crippen molar-refractivity contribution in [2.75, 3.05) is 26.2 Å². The molecule has 3 aromatic rings. The predicted molar refractivity (Wildman–Crippen MR) is 110 cm³/mol. The lowest BCUT2D eigenvalue weighted by Gasteiger charge is -2.39. The number of benzene rings is 2. The second kappa shape index (κ2) is 8.28. The first-order valence-electron chi connectivity index (χ1n) is 9.59. The third-order valence-electron chi connectivity index (χ3n) is 5.19. The van der Waals surface area contributed by atoms with Crippen molar-refractivity contribution in [1.29, 1.82) is 0 Å². The number of aromatic nitrogens is 2. The Balaban J connectivity index is 1.53. The van der Waals surface area contributed by atoms with Gasteiger partial charge in [-0.15, -0.1) is 0 Å². The van der Waals surface area contributed by atoms with Crippen LogP contribution in [0, 0.1) is 0 Å². The van der Waals surface area contributed by atoms with Crippen LogP contribution in [0.5, 0.6) is 0 Å². The highest BCUT2D eigenvalue weighted by Gasteiger charge is 2.28. The zero-order chi connectivity index (χ0) is 20.2. The van der Waals surface area contributed by atoms with Crippen LogP contribution < -0.4 is 11.2 Å². The molecule has 7 heteroatoms. The zero-order valence-corrected chi connectivity index (χ0v) is 15.9. The number of carbonyl (C=O) groups excluding carboxylic acids is 1. The third kappa shape index (κ3) is 4.20. The molecular formula is C22H22N4O3. The third-order valence-corrected chi connectivity index (χ3v) is 5.19. The van der Waals surface area contributed by atoms with E-state index in [-0.39, 0.29) is 17.6 Å². The standard InChI is InChI=1S/C22H22N4O3/c27-19-15-18(23-22(29)24-19)21(28)26-13-11-25(12-14-26)20(16-7-3-1-4-8-16)17-9-5-2-6-10-17/h1-10,15,20H,11-14H2,(H2,23,24,27,29). The smallest absolute Gasteiger partial charge is 0.326 e. The molecule has 0 aliphatic carbocycles. The number of hydrogen-bond donors (Lipinski definition) is 2. The molecule has 1 aliphatic rings. The number of nitrogens with one attached hydrogen (secondary N) is 2. The molecule has 1 aliphatic heterocycles. The highest BCUT2D eigenvalue weighted by atomic mass is 16.2. The largest absolute Gasteiger partial charge is 0.335 e. The second-order valence-corrected chi connectivity index (χ2v) is 7.05. The monoisotopic (exact) mass is 390 g/mol. The highest BCUT2D eigenvalue weighted by Crippen LogP contribution is 2.29. The zero-order valence-electron chi connectivity index (χ0n) is 15.9. The fourth-order valence-corrected chi connectivity index (χ4v) is 3.82. The van der Waals surface area contributed by atoms with E-state index in [0.29, 0.717) is 26.2 Å². The van der Waals surface area contributed by atoms with E-state index in [1.165, 1.54) is 11.1 Å². The molecule has 4 rings (SSSR count). The van der Waals surface area contributed by atoms with E-state index in [4.69, 9.17) is 0 Å². The number of H-pyrrole nitrogens is 2. The quantitative estimate of drug-likeness (QED) is 0.708. The SMILES string of the molecule is O=C(c1cc(=O)[nH]c(=O)[nH]1)N1CCN(C(c2ccccc2)c2ccccc2)CC1. The van der Waals surface area contributed by atoms with Crippen molar-refractivity contribution in [3.63, 3.8) is 0 Å². The molecule has 0 radical (unpaired) electrons. The van der Waals surface area contributed by atoms with Gasteiger partial charge < -0.3 is 9.88 Å². The lowest BCUT2D eigenvalue weighted by Crippen LogP contribution is -2.50. The van der Waals surface area contributed by atoms with Gasteiger partial charge in [0.25, 0.3) is 11.5 Å². The molecule has 148 valence electrons. The average molecular weight is 390 g/mol. The minimum Gasteiger partial charge on any atom is -0.335 e. The van der Waals surface area contributed by atoms with E-state index in [1.807, 2.05) is 36.4 Å². The number of amides is 1. The molecule has 2 aromatic carbocycles. The molecular weight excluding hydrogens is 368 g/mol. The first kappa shape index (κ1) is 18.9. The van der Waals surface area contributed by atoms with Gasteiger partial charge in [-0.05, 0) is 11.1 Å². The molecule has 1 amide bonds. The lowest BCUT2D eigenvalue weighted by molar-refractivity contribution is 0.0591. The first-order valence-corrected chi connectivity index (χ1v) is 9.59. The number of carbonyl (C=O) groups is 1. The minimum atomic E-state index is -0.673. The summed E-state index contributed by atoms with van der Waals surface area (Å²) in [5.41, 5.74) is 1.18. The summed E-state index contributed by atoms with van der Waals surface area (Å²) in [7, 11) is 0. The Hall–Kier alpha value is -3.45. The van der Waals surface area contributed by atoms with Crippen molar-refractivity contribution in [3.05, 3.63) is 104 Å². The van der Waals surface area contributed by atoms with Crippen molar-refractivity contribution >= 4 is 5.91 Å². The number of aromatic amines is 2. The van der Waals surface area contributed by atoms with Crippen molar-refractivity contribution in [3.8, 4) is 0 Å². The Morgan fingerprint density at radius 2 is 1.34 bits per heavy atom. The summed E-state index contributed by atoms with van der Waals surface area (Å²) in [5, 5.41) is 0. The van der Waals surface area contributed by atoms with Gasteiger partial charge in [0.2, 0.25) is 0 Å². The fourth-order valence-electron chi connectivity index (χ4n) is 3.82. The number of nitrogens with zero attached hydrogens (tertiary/aromatic N) is 2. The fraction of sp³-hybridized carbons (Fsp3) is 0.227. The van der Waals surface area contributed by atoms with Gasteiger partial charge in [-0.2, -0.15) is 0 Å². The van der Waals surface area contributed by atoms with E-state index >= 15 is 0 Å². The first-order chi connectivity index (χ1) is 14.1. The van der Waals surface area contributed by atoms with Crippen LogP contribution in [0.25, 0.3) is 0 Å². The summed E-state index contributed by atoms with van der Waals surface area (Å²) < 4.78 is 0. The molecule has 1 saturated heterocycles. The van der Waals surface area contributed by atoms with Gasteiger partial charge in [0.15, 0.2) is 0 Å². The molecule has 7 nitrogen and oxygen atoms in total. The van der Waals surface area contributed by atoms with E-state index in [2.05, 4.69) is 39.1 Å². The van der Waals surface area contributed by atoms with Crippen molar-refractivity contribution < 1.29 is 4.79 Å². The summed E-state index contributed by atoms with van der Waals surface area (Å²) >= 11 is 0. The summed E-state index contributed by atoms with van der Waals surface area (Å²) in [5.74, 6) is -0.330. The van der Waals surface area contributed by atoms with Crippen molar-refractivity contribution in [2.24, 2.45) is 0 Å². The molecule has 2 heterocycles. The van der Waals surface area contributed by atoms with Gasteiger partial charge in [0.05, 0.1) is 6.04 Å². The lowest BCUT2D eigenvalue weighted by atomic mass is 9.96. The van der Waals surface area contributed by atoms with Crippen LogP contribution in [0.2, 0.25) is 0 Å². The molecule has 2 N–H and O–H groups in total. The highest BCUT2D eigenvalue weighted by molar-refractivity contribution is 5.92. The Labute approximate surface area is 167 Å². The molecule has 0 spiro atoms. The molecule has 0 bridgehead atoms. The Morgan fingerprint density at radius 3 is 1.86 bits per heavy atom. The Kier molecular flexibility index (Phi) is 5.39. The minimum absolute atomic E-state index is 0.0230. The summed E-state index contributed by atoms with van der Waals surface area (Å²) in [6.45, 7) is 2.41. The topological polar surface area (TPSA) is 89.3 Å². The van der Waals surface area contributed by atoms with E-state index < -0.39 is 11.2 Å². The van der Waals surface area contributed by atoms with Crippen molar-refractivity contribution in [2.45, 2.75) is 6.04 Å². The van der Waals surface area contributed by atoms with Crippen LogP contribution in [0.15, 0.2) is 76.3 Å². The number of rotatable bonds is 4. The normalized spacial score (nSPS) is 14.9. The average Bonchev–Trinajstić information content (AvgIpc) is 2.75. The molecule has 0 unspecified atom stereocenters. The second-order valence-electron chi connectivity index (χ2n) is 7.05. The summed E-state index contributed by atoms with van der Waals surface area (Å²) in [4.78, 5) is 44.2. The van der Waals surface area contributed by atoms with E-state index in [0.717, 1.165) is 6.07 Å². The van der Waals surface area contributed by atoms with Gasteiger partial charge in [-0.25, -0.2) is 4.79 Å². The number of hydrogen-bond acceptors (Lipinski definition) is 4. The van der Waals surface area contributed by atoms with Crippen LogP contribution in [0.4, 0.5) is 0 Å². The summed E-state index contributed by atoms with van der Waals surface area (Å²) in [6.07, 6.45) is 0. The maximum Gasteiger partial charge on any atom is 0.326 e. The molecule has 1 aromatic heterocycles. The Bertz CT molecular complexity index is 1020. The van der Waals surface area contributed by atoms with Crippen LogP contribution in [0.3, 0.4) is 0 Å². The maximum absolute atomic E-state index is 12.7. The van der Waals surface area contributed by atoms with E-state index in [1.54, 1.807) is 4.90 Å². The predicted octanol–water partition coefficient (Wildman–Crippen LogP) is 1.61. The van der Waals surface area contributed by atoms with Gasteiger partial charge in [0, 0.05) is 32.2 Å². The van der Waals surface area contributed by atoms with Crippen LogP contribution >= 0.6 is 0 Å². The number of piperazine rings is 1. The summed E-state index contributed by atoms with van der Waals surface area (Å²) in [6, 6.07) is 21.9.